The Morgan fingerprint density at radius 2 is 1.53 bits per heavy atom. The van der Waals surface area contributed by atoms with Gasteiger partial charge in [0.1, 0.15) is 0 Å². The van der Waals surface area contributed by atoms with Crippen LogP contribution in [0, 0.1) is 11.8 Å². The molecule has 2 aliphatic heterocycles. The maximum absolute atomic E-state index is 3.79. The van der Waals surface area contributed by atoms with Crippen molar-refractivity contribution in [2.45, 2.75) is 88.9 Å². The van der Waals surface area contributed by atoms with Crippen LogP contribution in [0.2, 0.25) is 0 Å². The Labute approximate surface area is 118 Å². The summed E-state index contributed by atoms with van der Waals surface area (Å²) in [6.07, 6.45) is 13.3. The van der Waals surface area contributed by atoms with Crippen molar-refractivity contribution in [3.8, 4) is 0 Å². The lowest BCUT2D eigenvalue weighted by atomic mass is 9.92. The minimum absolute atomic E-state index is 0.827. The molecular formula is C17H30N2. The van der Waals surface area contributed by atoms with Crippen molar-refractivity contribution in [1.29, 1.82) is 0 Å². The number of piperidine rings is 1. The monoisotopic (exact) mass is 262 g/mol. The van der Waals surface area contributed by atoms with E-state index in [2.05, 4.69) is 17.1 Å². The maximum atomic E-state index is 3.79. The molecule has 1 N–H and O–H groups in total. The summed E-state index contributed by atoms with van der Waals surface area (Å²) in [5.41, 5.74) is 0. The number of fused-ring (bicyclic) bond motifs is 2. The number of nitrogens with one attached hydrogen (secondary N) is 1. The first-order valence-electron chi connectivity index (χ1n) is 8.87. The quantitative estimate of drug-likeness (QED) is 0.791. The number of hydrogen-bond acceptors (Lipinski definition) is 2. The van der Waals surface area contributed by atoms with Gasteiger partial charge in [-0.05, 0) is 76.2 Å². The molecule has 2 atom stereocenters. The summed E-state index contributed by atoms with van der Waals surface area (Å²) >= 11 is 0. The van der Waals surface area contributed by atoms with Crippen LogP contribution in [0.15, 0.2) is 0 Å². The van der Waals surface area contributed by atoms with E-state index in [1.165, 1.54) is 64.3 Å². The Morgan fingerprint density at radius 1 is 0.947 bits per heavy atom. The molecule has 2 saturated heterocycles. The summed E-state index contributed by atoms with van der Waals surface area (Å²) in [6.45, 7) is 3.51. The molecule has 19 heavy (non-hydrogen) atoms. The third-order valence-electron chi connectivity index (χ3n) is 6.03. The average Bonchev–Trinajstić information content (AvgIpc) is 3.28. The summed E-state index contributed by atoms with van der Waals surface area (Å²) in [6, 6.07) is 3.69. The van der Waals surface area contributed by atoms with E-state index in [1.807, 2.05) is 0 Å². The van der Waals surface area contributed by atoms with Gasteiger partial charge in [-0.25, -0.2) is 0 Å². The van der Waals surface area contributed by atoms with Crippen LogP contribution in [0.3, 0.4) is 0 Å². The van der Waals surface area contributed by atoms with E-state index in [4.69, 9.17) is 0 Å². The Hall–Kier alpha value is -0.0800. The fourth-order valence-electron chi connectivity index (χ4n) is 4.96. The predicted octanol–water partition coefficient (Wildman–Crippen LogP) is 3.17. The normalized spacial score (nSPS) is 39.2. The fourth-order valence-corrected chi connectivity index (χ4v) is 4.96. The molecule has 108 valence electrons. The molecule has 2 nitrogen and oxygen atoms in total. The number of hydrogen-bond donors (Lipinski definition) is 1. The zero-order chi connectivity index (χ0) is 12.8. The highest BCUT2D eigenvalue weighted by molar-refractivity contribution is 5.06. The first-order valence-corrected chi connectivity index (χ1v) is 8.87. The molecule has 2 heteroatoms. The van der Waals surface area contributed by atoms with Gasteiger partial charge in [0.15, 0.2) is 0 Å². The summed E-state index contributed by atoms with van der Waals surface area (Å²) in [5.74, 6) is 2.19. The van der Waals surface area contributed by atoms with Crippen molar-refractivity contribution in [3.05, 3.63) is 0 Å². The smallest absolute Gasteiger partial charge is 0.0158 e. The number of nitrogens with zero attached hydrogens (tertiary/aromatic N) is 1. The second kappa shape index (κ2) is 5.04. The second-order valence-corrected chi connectivity index (χ2v) is 7.62. The van der Waals surface area contributed by atoms with Crippen molar-refractivity contribution in [1.82, 2.24) is 10.2 Å². The van der Waals surface area contributed by atoms with Gasteiger partial charge in [0.2, 0.25) is 0 Å². The molecule has 2 aliphatic carbocycles. The Balaban J connectivity index is 1.43. The van der Waals surface area contributed by atoms with Gasteiger partial charge in [0, 0.05) is 24.2 Å². The molecule has 2 unspecified atom stereocenters. The van der Waals surface area contributed by atoms with Crippen LogP contribution < -0.4 is 5.32 Å². The van der Waals surface area contributed by atoms with Crippen LogP contribution in [0.4, 0.5) is 0 Å². The zero-order valence-corrected chi connectivity index (χ0v) is 12.5. The van der Waals surface area contributed by atoms with Crippen LogP contribution in [0.1, 0.15) is 64.7 Å². The summed E-state index contributed by atoms with van der Waals surface area (Å²) in [7, 11) is 0. The van der Waals surface area contributed by atoms with Crippen LogP contribution in [-0.2, 0) is 0 Å². The van der Waals surface area contributed by atoms with E-state index in [9.17, 15) is 0 Å². The third-order valence-corrected chi connectivity index (χ3v) is 6.03. The summed E-state index contributed by atoms with van der Waals surface area (Å²) < 4.78 is 0. The Bertz CT molecular complexity index is 295. The van der Waals surface area contributed by atoms with Crippen molar-refractivity contribution in [2.24, 2.45) is 11.8 Å². The minimum atomic E-state index is 0.827. The molecule has 0 aromatic carbocycles. The van der Waals surface area contributed by atoms with Gasteiger partial charge < -0.3 is 5.32 Å². The van der Waals surface area contributed by atoms with E-state index < -0.39 is 0 Å². The Morgan fingerprint density at radius 3 is 2.00 bits per heavy atom. The molecular weight excluding hydrogens is 232 g/mol. The predicted molar refractivity (Wildman–Crippen MR) is 79.2 cm³/mol. The van der Waals surface area contributed by atoms with Crippen molar-refractivity contribution < 1.29 is 0 Å². The minimum Gasteiger partial charge on any atom is -0.314 e. The van der Waals surface area contributed by atoms with Crippen molar-refractivity contribution in [3.63, 3.8) is 0 Å². The first kappa shape index (κ1) is 12.6. The fraction of sp³-hybridized carbons (Fsp3) is 1.00. The standard InChI is InChI=1S/C17H30N2/c1-2-9-18-14-10-15-7-8-16(11-14)19(15)17(12-3-4-12)13-5-6-13/h12-18H,2-11H2,1H3. The van der Waals surface area contributed by atoms with E-state index in [0.29, 0.717) is 0 Å². The topological polar surface area (TPSA) is 15.3 Å². The van der Waals surface area contributed by atoms with Crippen LogP contribution in [-0.4, -0.2) is 35.6 Å². The van der Waals surface area contributed by atoms with Crippen LogP contribution in [0.25, 0.3) is 0 Å². The van der Waals surface area contributed by atoms with Crippen LogP contribution in [0.5, 0.6) is 0 Å². The molecule has 0 aromatic heterocycles. The first-order chi connectivity index (χ1) is 9.36. The molecule has 0 radical (unpaired) electrons. The summed E-state index contributed by atoms with van der Waals surface area (Å²) in [5, 5.41) is 3.79. The molecule has 2 saturated carbocycles. The lowest BCUT2D eigenvalue weighted by molar-refractivity contribution is 0.0483. The lowest BCUT2D eigenvalue weighted by Crippen LogP contribution is -2.54. The van der Waals surface area contributed by atoms with Gasteiger partial charge in [0.05, 0.1) is 0 Å². The van der Waals surface area contributed by atoms with Crippen LogP contribution >= 0.6 is 0 Å². The van der Waals surface area contributed by atoms with Gasteiger partial charge in [-0.2, -0.15) is 0 Å². The van der Waals surface area contributed by atoms with Crippen molar-refractivity contribution >= 4 is 0 Å². The molecule has 2 heterocycles. The highest BCUT2D eigenvalue weighted by atomic mass is 15.3. The van der Waals surface area contributed by atoms with E-state index in [0.717, 1.165) is 36.0 Å². The highest BCUT2D eigenvalue weighted by Crippen LogP contribution is 2.51. The number of rotatable bonds is 6. The molecule has 0 spiro atoms. The van der Waals surface area contributed by atoms with Gasteiger partial charge >= 0.3 is 0 Å². The molecule has 2 bridgehead atoms. The SMILES string of the molecule is CCCNC1CC2CCC(C1)N2C(C1CC1)C1CC1. The lowest BCUT2D eigenvalue weighted by Gasteiger charge is -2.44. The van der Waals surface area contributed by atoms with E-state index >= 15 is 0 Å². The van der Waals surface area contributed by atoms with E-state index in [1.54, 1.807) is 0 Å². The summed E-state index contributed by atoms with van der Waals surface area (Å²) in [4.78, 5) is 3.04. The molecule has 0 aromatic rings. The second-order valence-electron chi connectivity index (χ2n) is 7.62. The highest BCUT2D eigenvalue weighted by Gasteiger charge is 2.52. The van der Waals surface area contributed by atoms with Gasteiger partial charge in [-0.1, -0.05) is 6.92 Å². The molecule has 4 aliphatic rings. The van der Waals surface area contributed by atoms with Gasteiger partial charge in [-0.15, -0.1) is 0 Å². The van der Waals surface area contributed by atoms with Gasteiger partial charge in [0.25, 0.3) is 0 Å². The molecule has 0 amide bonds. The molecule has 4 fully saturated rings. The maximum Gasteiger partial charge on any atom is 0.0158 e. The van der Waals surface area contributed by atoms with E-state index in [-0.39, 0.29) is 0 Å². The molecule has 4 rings (SSSR count). The average molecular weight is 262 g/mol. The van der Waals surface area contributed by atoms with Crippen molar-refractivity contribution in [2.75, 3.05) is 6.54 Å². The Kier molecular flexibility index (Phi) is 3.35. The third kappa shape index (κ3) is 2.47. The largest absolute Gasteiger partial charge is 0.314 e. The van der Waals surface area contributed by atoms with Gasteiger partial charge in [-0.3, -0.25) is 4.90 Å². The zero-order valence-electron chi connectivity index (χ0n) is 12.5.